The maximum atomic E-state index is 13.1. The highest BCUT2D eigenvalue weighted by molar-refractivity contribution is 6.53. The fourth-order valence-electron chi connectivity index (χ4n) is 3.89. The standard InChI is InChI=1S/C30H27ClN2O6/c1-4-5-19-6-16-24(17-7-19)39-30(37)20-8-12-22(13-9-20)32-26-25(31)27(34)33(28(26)35)23-14-10-21(11-15-23)29(36)38-18(2)3/h6-18,32H,4-5H2,1-3H3. The van der Waals surface area contributed by atoms with Gasteiger partial charge in [-0.2, -0.15) is 0 Å². The van der Waals surface area contributed by atoms with Crippen molar-refractivity contribution >= 4 is 46.7 Å². The number of hydrogen-bond donors (Lipinski definition) is 1. The van der Waals surface area contributed by atoms with Crippen LogP contribution in [0, 0.1) is 0 Å². The van der Waals surface area contributed by atoms with Crippen LogP contribution in [-0.2, 0) is 20.7 Å². The summed E-state index contributed by atoms with van der Waals surface area (Å²) in [4.78, 5) is 51.4. The molecule has 200 valence electrons. The van der Waals surface area contributed by atoms with Gasteiger partial charge in [0.1, 0.15) is 16.5 Å². The molecule has 0 atom stereocenters. The van der Waals surface area contributed by atoms with E-state index < -0.39 is 23.8 Å². The van der Waals surface area contributed by atoms with Crippen LogP contribution < -0.4 is 15.0 Å². The lowest BCUT2D eigenvalue weighted by atomic mass is 10.1. The van der Waals surface area contributed by atoms with E-state index in [-0.39, 0.29) is 28.1 Å². The first-order valence-corrected chi connectivity index (χ1v) is 12.8. The molecular weight excluding hydrogens is 520 g/mol. The Morgan fingerprint density at radius 2 is 1.44 bits per heavy atom. The van der Waals surface area contributed by atoms with Crippen LogP contribution in [0.3, 0.4) is 0 Å². The van der Waals surface area contributed by atoms with E-state index in [2.05, 4.69) is 12.2 Å². The number of carbonyl (C=O) groups is 4. The Kier molecular flexibility index (Phi) is 8.46. The molecule has 1 heterocycles. The number of halogens is 1. The molecule has 1 aliphatic rings. The van der Waals surface area contributed by atoms with E-state index in [1.54, 1.807) is 50.2 Å². The SMILES string of the molecule is CCCc1ccc(OC(=O)c2ccc(NC3=C(Cl)C(=O)N(c4ccc(C(=O)OC(C)C)cc4)C3=O)cc2)cc1. The lowest BCUT2D eigenvalue weighted by Gasteiger charge is -2.16. The van der Waals surface area contributed by atoms with Gasteiger partial charge in [0.25, 0.3) is 11.8 Å². The van der Waals surface area contributed by atoms with Gasteiger partial charge in [0.15, 0.2) is 0 Å². The van der Waals surface area contributed by atoms with Gasteiger partial charge >= 0.3 is 11.9 Å². The molecule has 0 saturated heterocycles. The fourth-order valence-corrected chi connectivity index (χ4v) is 4.10. The van der Waals surface area contributed by atoms with E-state index in [0.717, 1.165) is 17.7 Å². The molecule has 0 saturated carbocycles. The summed E-state index contributed by atoms with van der Waals surface area (Å²) in [5.74, 6) is -1.95. The molecule has 3 aromatic rings. The summed E-state index contributed by atoms with van der Waals surface area (Å²) in [5.41, 5.74) is 2.36. The minimum atomic E-state index is -0.702. The topological polar surface area (TPSA) is 102 Å². The largest absolute Gasteiger partial charge is 0.459 e. The van der Waals surface area contributed by atoms with Crippen LogP contribution in [-0.4, -0.2) is 29.9 Å². The minimum absolute atomic E-state index is 0.104. The highest BCUT2D eigenvalue weighted by Gasteiger charge is 2.39. The molecule has 3 aromatic carbocycles. The molecule has 39 heavy (non-hydrogen) atoms. The van der Waals surface area contributed by atoms with Crippen LogP contribution in [0.2, 0.25) is 0 Å². The van der Waals surface area contributed by atoms with Crippen molar-refractivity contribution in [3.63, 3.8) is 0 Å². The summed E-state index contributed by atoms with van der Waals surface area (Å²) in [7, 11) is 0. The summed E-state index contributed by atoms with van der Waals surface area (Å²) in [6, 6.07) is 19.5. The zero-order valence-electron chi connectivity index (χ0n) is 21.7. The molecule has 1 N–H and O–H groups in total. The molecule has 2 amide bonds. The predicted octanol–water partition coefficient (Wildman–Crippen LogP) is 5.86. The number of aryl methyl sites for hydroxylation is 1. The number of hydrogen-bond acceptors (Lipinski definition) is 7. The molecule has 0 bridgehead atoms. The molecule has 8 nitrogen and oxygen atoms in total. The second kappa shape index (κ2) is 12.0. The molecule has 1 aliphatic heterocycles. The van der Waals surface area contributed by atoms with Crippen molar-refractivity contribution < 1.29 is 28.7 Å². The van der Waals surface area contributed by atoms with Gasteiger partial charge in [0.2, 0.25) is 0 Å². The number of esters is 2. The van der Waals surface area contributed by atoms with E-state index in [1.165, 1.54) is 29.8 Å². The highest BCUT2D eigenvalue weighted by Crippen LogP contribution is 2.30. The monoisotopic (exact) mass is 546 g/mol. The Labute approximate surface area is 231 Å². The zero-order chi connectivity index (χ0) is 28.1. The van der Waals surface area contributed by atoms with E-state index >= 15 is 0 Å². The van der Waals surface area contributed by atoms with Gasteiger partial charge in [0, 0.05) is 5.69 Å². The van der Waals surface area contributed by atoms with Gasteiger partial charge in [-0.3, -0.25) is 9.59 Å². The van der Waals surface area contributed by atoms with Gasteiger partial charge < -0.3 is 14.8 Å². The predicted molar refractivity (Wildman–Crippen MR) is 148 cm³/mol. The number of nitrogens with zero attached hydrogens (tertiary/aromatic N) is 1. The lowest BCUT2D eigenvalue weighted by Crippen LogP contribution is -2.32. The first-order valence-electron chi connectivity index (χ1n) is 12.5. The Hall–Kier alpha value is -4.43. The van der Waals surface area contributed by atoms with Gasteiger partial charge in [-0.05, 0) is 86.5 Å². The van der Waals surface area contributed by atoms with Gasteiger partial charge in [-0.1, -0.05) is 37.1 Å². The molecule has 9 heteroatoms. The lowest BCUT2D eigenvalue weighted by molar-refractivity contribution is -0.120. The first kappa shape index (κ1) is 27.6. The van der Waals surface area contributed by atoms with E-state index in [1.807, 2.05) is 12.1 Å². The maximum absolute atomic E-state index is 13.1. The van der Waals surface area contributed by atoms with Crippen LogP contribution >= 0.6 is 11.6 Å². The number of benzene rings is 3. The molecule has 0 spiro atoms. The van der Waals surface area contributed by atoms with E-state index in [9.17, 15) is 19.2 Å². The van der Waals surface area contributed by atoms with Crippen molar-refractivity contribution in [1.82, 2.24) is 0 Å². The Morgan fingerprint density at radius 1 is 0.846 bits per heavy atom. The number of imide groups is 1. The summed E-state index contributed by atoms with van der Waals surface area (Å²) in [6.45, 7) is 5.58. The van der Waals surface area contributed by atoms with Crippen LogP contribution in [0.4, 0.5) is 11.4 Å². The van der Waals surface area contributed by atoms with Crippen molar-refractivity contribution in [2.24, 2.45) is 0 Å². The van der Waals surface area contributed by atoms with Crippen molar-refractivity contribution in [3.8, 4) is 5.75 Å². The third kappa shape index (κ3) is 6.35. The summed E-state index contributed by atoms with van der Waals surface area (Å²) < 4.78 is 10.6. The zero-order valence-corrected chi connectivity index (χ0v) is 22.5. The van der Waals surface area contributed by atoms with Crippen LogP contribution in [0.25, 0.3) is 0 Å². The molecule has 0 aliphatic carbocycles. The van der Waals surface area contributed by atoms with E-state index in [4.69, 9.17) is 21.1 Å². The molecule has 0 radical (unpaired) electrons. The van der Waals surface area contributed by atoms with Gasteiger partial charge in [-0.15, -0.1) is 0 Å². The third-order valence-electron chi connectivity index (χ3n) is 5.79. The van der Waals surface area contributed by atoms with Crippen LogP contribution in [0.5, 0.6) is 5.75 Å². The second-order valence-electron chi connectivity index (χ2n) is 9.12. The summed E-state index contributed by atoms with van der Waals surface area (Å²) in [6.07, 6.45) is 1.71. The highest BCUT2D eigenvalue weighted by atomic mass is 35.5. The number of ether oxygens (including phenoxy) is 2. The summed E-state index contributed by atoms with van der Waals surface area (Å²) in [5, 5.41) is 2.59. The molecule has 4 rings (SSSR count). The van der Waals surface area contributed by atoms with Crippen molar-refractivity contribution in [3.05, 3.63) is 100 Å². The average Bonchev–Trinajstić information content (AvgIpc) is 3.13. The van der Waals surface area contributed by atoms with Gasteiger partial charge in [0.05, 0.1) is 22.9 Å². The Morgan fingerprint density at radius 3 is 2.03 bits per heavy atom. The number of amides is 2. The molecular formula is C30H27ClN2O6. The minimum Gasteiger partial charge on any atom is -0.459 e. The third-order valence-corrected chi connectivity index (χ3v) is 6.14. The second-order valence-corrected chi connectivity index (χ2v) is 9.50. The summed E-state index contributed by atoms with van der Waals surface area (Å²) >= 11 is 6.22. The average molecular weight is 547 g/mol. The quantitative estimate of drug-likeness (QED) is 0.204. The normalized spacial score (nSPS) is 13.2. The van der Waals surface area contributed by atoms with E-state index in [0.29, 0.717) is 17.0 Å². The first-order chi connectivity index (χ1) is 18.7. The Balaban J connectivity index is 1.41. The molecule has 0 unspecified atom stereocenters. The Bertz CT molecular complexity index is 1430. The van der Waals surface area contributed by atoms with Crippen molar-refractivity contribution in [1.29, 1.82) is 0 Å². The van der Waals surface area contributed by atoms with Crippen LogP contribution in [0.15, 0.2) is 83.5 Å². The molecule has 0 fully saturated rings. The fraction of sp³-hybridized carbons (Fsp3) is 0.200. The smallest absolute Gasteiger partial charge is 0.343 e. The van der Waals surface area contributed by atoms with Crippen LogP contribution in [0.1, 0.15) is 53.5 Å². The van der Waals surface area contributed by atoms with Crippen molar-refractivity contribution in [2.75, 3.05) is 10.2 Å². The maximum Gasteiger partial charge on any atom is 0.343 e. The molecule has 0 aromatic heterocycles. The number of carbonyl (C=O) groups excluding carboxylic acids is 4. The van der Waals surface area contributed by atoms with Crippen molar-refractivity contribution in [2.45, 2.75) is 39.7 Å². The number of nitrogens with one attached hydrogen (secondary N) is 1. The van der Waals surface area contributed by atoms with Gasteiger partial charge in [-0.25, -0.2) is 14.5 Å². The number of rotatable bonds is 9. The number of anilines is 2.